The molecular weight excluding hydrogens is 354 g/mol. The fourth-order valence-electron chi connectivity index (χ4n) is 2.25. The summed E-state index contributed by atoms with van der Waals surface area (Å²) in [5.41, 5.74) is 0.426. The van der Waals surface area contributed by atoms with Crippen LogP contribution in [0, 0.1) is 0 Å². The number of nitrogens with one attached hydrogen (secondary N) is 1. The highest BCUT2D eigenvalue weighted by molar-refractivity contribution is 5.99. The monoisotopic (exact) mass is 373 g/mol. The molecule has 8 nitrogen and oxygen atoms in total. The van der Waals surface area contributed by atoms with E-state index in [1.165, 1.54) is 39.5 Å². The Hall–Kier alpha value is -3.55. The minimum absolute atomic E-state index is 0.0985. The minimum atomic E-state index is -0.651. The molecule has 142 valence electrons. The van der Waals surface area contributed by atoms with Gasteiger partial charge in [-0.3, -0.25) is 4.79 Å². The summed E-state index contributed by atoms with van der Waals surface area (Å²) in [5, 5.41) is 2.57. The molecule has 2 aromatic rings. The molecule has 0 fully saturated rings. The smallest absolute Gasteiger partial charge is 0.337 e. The molecule has 0 spiro atoms. The van der Waals surface area contributed by atoms with Gasteiger partial charge in [0.25, 0.3) is 5.91 Å². The number of para-hydroxylation sites is 2. The van der Waals surface area contributed by atoms with E-state index >= 15 is 0 Å². The van der Waals surface area contributed by atoms with Gasteiger partial charge in [0.15, 0.2) is 18.1 Å². The van der Waals surface area contributed by atoms with Gasteiger partial charge in [-0.1, -0.05) is 12.1 Å². The van der Waals surface area contributed by atoms with E-state index in [2.05, 4.69) is 14.8 Å². The summed E-state index contributed by atoms with van der Waals surface area (Å²) in [6.45, 7) is -0.295. The first-order valence-electron chi connectivity index (χ1n) is 7.86. The minimum Gasteiger partial charge on any atom is -0.493 e. The fraction of sp³-hybridized carbons (Fsp3) is 0.211. The van der Waals surface area contributed by atoms with Crippen LogP contribution in [0.25, 0.3) is 0 Å². The van der Waals surface area contributed by atoms with E-state index in [1.54, 1.807) is 24.3 Å². The van der Waals surface area contributed by atoms with Crippen molar-refractivity contribution in [2.75, 3.05) is 33.3 Å². The summed E-state index contributed by atoms with van der Waals surface area (Å²) in [4.78, 5) is 35.7. The van der Waals surface area contributed by atoms with Crippen molar-refractivity contribution in [2.45, 2.75) is 0 Å². The molecule has 8 heteroatoms. The van der Waals surface area contributed by atoms with E-state index in [-0.39, 0.29) is 23.4 Å². The van der Waals surface area contributed by atoms with Gasteiger partial charge in [0.05, 0.1) is 32.5 Å². The Morgan fingerprint density at radius 2 is 1.41 bits per heavy atom. The molecule has 0 unspecified atom stereocenters. The van der Waals surface area contributed by atoms with Crippen molar-refractivity contribution in [1.29, 1.82) is 0 Å². The lowest BCUT2D eigenvalue weighted by atomic mass is 10.1. The van der Waals surface area contributed by atoms with Crippen LogP contribution < -0.4 is 14.8 Å². The summed E-state index contributed by atoms with van der Waals surface area (Å²) >= 11 is 0. The van der Waals surface area contributed by atoms with Crippen molar-refractivity contribution in [2.24, 2.45) is 0 Å². The number of rotatable bonds is 7. The van der Waals surface area contributed by atoms with Crippen LogP contribution in [0.5, 0.6) is 11.5 Å². The number of carbonyl (C=O) groups excluding carboxylic acids is 3. The van der Waals surface area contributed by atoms with Gasteiger partial charge < -0.3 is 24.3 Å². The van der Waals surface area contributed by atoms with Crippen LogP contribution in [0.1, 0.15) is 20.7 Å². The number of methoxy groups -OCH3 is 3. The SMILES string of the molecule is COC(=O)c1cc(NC(=O)COc2ccccc2OC)cc(C(=O)OC)c1. The van der Waals surface area contributed by atoms with Crippen molar-refractivity contribution in [3.8, 4) is 11.5 Å². The lowest BCUT2D eigenvalue weighted by Crippen LogP contribution is -2.21. The highest BCUT2D eigenvalue weighted by Crippen LogP contribution is 2.25. The molecular formula is C19H19NO7. The first-order chi connectivity index (χ1) is 13.0. The topological polar surface area (TPSA) is 100 Å². The average Bonchev–Trinajstić information content (AvgIpc) is 2.70. The highest BCUT2D eigenvalue weighted by Gasteiger charge is 2.15. The molecule has 0 aliphatic heterocycles. The number of amides is 1. The molecule has 0 aromatic heterocycles. The maximum Gasteiger partial charge on any atom is 0.337 e. The Kier molecular flexibility index (Phi) is 6.76. The highest BCUT2D eigenvalue weighted by atomic mass is 16.5. The van der Waals surface area contributed by atoms with Crippen LogP contribution in [0.15, 0.2) is 42.5 Å². The molecule has 0 saturated carbocycles. The van der Waals surface area contributed by atoms with E-state index in [0.29, 0.717) is 11.5 Å². The van der Waals surface area contributed by atoms with Gasteiger partial charge in [-0.2, -0.15) is 0 Å². The van der Waals surface area contributed by atoms with Crippen LogP contribution in [0.4, 0.5) is 5.69 Å². The molecule has 0 aliphatic rings. The number of benzene rings is 2. The summed E-state index contributed by atoms with van der Waals surface area (Å²) in [6.07, 6.45) is 0. The maximum atomic E-state index is 12.2. The van der Waals surface area contributed by atoms with Crippen LogP contribution in [-0.4, -0.2) is 45.8 Å². The summed E-state index contributed by atoms with van der Waals surface area (Å²) in [5.74, 6) is -0.888. The van der Waals surface area contributed by atoms with Crippen molar-refractivity contribution in [3.63, 3.8) is 0 Å². The largest absolute Gasteiger partial charge is 0.493 e. The van der Waals surface area contributed by atoms with Crippen molar-refractivity contribution in [1.82, 2.24) is 0 Å². The molecule has 0 heterocycles. The predicted molar refractivity (Wildman–Crippen MR) is 96.2 cm³/mol. The summed E-state index contributed by atoms with van der Waals surface area (Å²) in [7, 11) is 3.92. The summed E-state index contributed by atoms with van der Waals surface area (Å²) in [6, 6.07) is 11.0. The normalized spacial score (nSPS) is 9.89. The first kappa shape index (κ1) is 19.8. The first-order valence-corrected chi connectivity index (χ1v) is 7.86. The molecule has 0 atom stereocenters. The molecule has 0 aliphatic carbocycles. The Bertz CT molecular complexity index is 813. The van der Waals surface area contributed by atoms with Crippen LogP contribution >= 0.6 is 0 Å². The van der Waals surface area contributed by atoms with Crippen LogP contribution in [0.2, 0.25) is 0 Å². The van der Waals surface area contributed by atoms with Gasteiger partial charge >= 0.3 is 11.9 Å². The third kappa shape index (κ3) is 5.21. The number of ether oxygens (including phenoxy) is 4. The standard InChI is InChI=1S/C19H19NO7/c1-24-15-6-4-5-7-16(15)27-11-17(21)20-14-9-12(18(22)25-2)8-13(10-14)19(23)26-3/h4-10H,11H2,1-3H3,(H,20,21). The van der Waals surface area contributed by atoms with Gasteiger partial charge in [0.1, 0.15) is 0 Å². The van der Waals surface area contributed by atoms with Gasteiger partial charge in [0, 0.05) is 5.69 Å². The molecule has 2 aromatic carbocycles. The van der Waals surface area contributed by atoms with Gasteiger partial charge in [-0.05, 0) is 30.3 Å². The lowest BCUT2D eigenvalue weighted by molar-refractivity contribution is -0.118. The molecule has 0 saturated heterocycles. The molecule has 1 N–H and O–H groups in total. The zero-order valence-corrected chi connectivity index (χ0v) is 15.1. The van der Waals surface area contributed by atoms with Gasteiger partial charge in [0.2, 0.25) is 0 Å². The number of hydrogen-bond acceptors (Lipinski definition) is 7. The second kappa shape index (κ2) is 9.23. The number of esters is 2. The molecule has 2 rings (SSSR count). The van der Waals surface area contributed by atoms with Crippen molar-refractivity contribution < 1.29 is 33.3 Å². The average molecular weight is 373 g/mol. The van der Waals surface area contributed by atoms with E-state index < -0.39 is 17.8 Å². The second-order valence-electron chi connectivity index (χ2n) is 5.27. The maximum absolute atomic E-state index is 12.2. The van der Waals surface area contributed by atoms with Gasteiger partial charge in [-0.15, -0.1) is 0 Å². The molecule has 27 heavy (non-hydrogen) atoms. The lowest BCUT2D eigenvalue weighted by Gasteiger charge is -2.12. The zero-order valence-electron chi connectivity index (χ0n) is 15.1. The fourth-order valence-corrected chi connectivity index (χ4v) is 2.25. The summed E-state index contributed by atoms with van der Waals surface area (Å²) < 4.78 is 19.9. The van der Waals surface area contributed by atoms with E-state index in [4.69, 9.17) is 9.47 Å². The molecule has 0 radical (unpaired) electrons. The predicted octanol–water partition coefficient (Wildman–Crippen LogP) is 2.29. The number of hydrogen-bond donors (Lipinski definition) is 1. The van der Waals surface area contributed by atoms with Crippen LogP contribution in [0.3, 0.4) is 0 Å². The third-order valence-electron chi connectivity index (χ3n) is 3.49. The molecule has 0 bridgehead atoms. The van der Waals surface area contributed by atoms with Crippen molar-refractivity contribution >= 4 is 23.5 Å². The Balaban J connectivity index is 2.14. The van der Waals surface area contributed by atoms with Gasteiger partial charge in [-0.25, -0.2) is 9.59 Å². The third-order valence-corrected chi connectivity index (χ3v) is 3.49. The Morgan fingerprint density at radius 1 is 0.852 bits per heavy atom. The van der Waals surface area contributed by atoms with Crippen LogP contribution in [-0.2, 0) is 14.3 Å². The Labute approximate surface area is 156 Å². The van der Waals surface area contributed by atoms with E-state index in [0.717, 1.165) is 0 Å². The Morgan fingerprint density at radius 3 is 1.93 bits per heavy atom. The second-order valence-corrected chi connectivity index (χ2v) is 5.27. The number of anilines is 1. The quantitative estimate of drug-likeness (QED) is 0.743. The van der Waals surface area contributed by atoms with Crippen molar-refractivity contribution in [3.05, 3.63) is 53.6 Å². The van der Waals surface area contributed by atoms with E-state index in [1.807, 2.05) is 0 Å². The molecule has 1 amide bonds. The zero-order chi connectivity index (χ0) is 19.8. The number of carbonyl (C=O) groups is 3. The van der Waals surface area contributed by atoms with E-state index in [9.17, 15) is 14.4 Å².